The van der Waals surface area contributed by atoms with Crippen LogP contribution in [0.3, 0.4) is 0 Å². The van der Waals surface area contributed by atoms with Crippen molar-refractivity contribution in [1.82, 2.24) is 0 Å². The summed E-state index contributed by atoms with van der Waals surface area (Å²) < 4.78 is 0. The Morgan fingerprint density at radius 2 is 2.17 bits per heavy atom. The van der Waals surface area contributed by atoms with Gasteiger partial charge in [0.25, 0.3) is 0 Å². The molecule has 0 aliphatic heterocycles. The molecular formula is C10H9ClO. The first-order valence-corrected chi connectivity index (χ1v) is 3.97. The largest absolute Gasteiger partial charge is 0.384 e. The minimum atomic E-state index is -0.119. The Morgan fingerprint density at radius 1 is 1.42 bits per heavy atom. The molecule has 0 spiro atoms. The summed E-state index contributed by atoms with van der Waals surface area (Å²) >= 11 is 5.80. The number of rotatable bonds is 0. The zero-order valence-electron chi connectivity index (χ0n) is 6.76. The molecule has 0 aliphatic carbocycles. The summed E-state index contributed by atoms with van der Waals surface area (Å²) in [5, 5.41) is 9.14. The van der Waals surface area contributed by atoms with Crippen molar-refractivity contribution in [2.75, 3.05) is 6.61 Å². The lowest BCUT2D eigenvalue weighted by Crippen LogP contribution is -1.79. The third-order valence-corrected chi connectivity index (χ3v) is 1.57. The van der Waals surface area contributed by atoms with E-state index in [9.17, 15) is 0 Å². The van der Waals surface area contributed by atoms with E-state index in [1.165, 1.54) is 0 Å². The Hall–Kier alpha value is -0.970. The number of hydrogen-bond donors (Lipinski definition) is 1. The molecular weight excluding hydrogens is 172 g/mol. The highest BCUT2D eigenvalue weighted by molar-refractivity contribution is 6.30. The molecule has 0 aliphatic rings. The first kappa shape index (κ1) is 9.12. The Kier molecular flexibility index (Phi) is 3.16. The van der Waals surface area contributed by atoms with Crippen LogP contribution >= 0.6 is 11.6 Å². The molecule has 0 atom stereocenters. The summed E-state index contributed by atoms with van der Waals surface area (Å²) in [7, 11) is 0. The first-order chi connectivity index (χ1) is 5.72. The number of hydrogen-bond acceptors (Lipinski definition) is 1. The van der Waals surface area contributed by atoms with Gasteiger partial charge in [0.15, 0.2) is 0 Å². The molecule has 0 amide bonds. The molecule has 0 radical (unpaired) electrons. The molecule has 0 bridgehead atoms. The summed E-state index contributed by atoms with van der Waals surface area (Å²) in [5.41, 5.74) is 1.92. The van der Waals surface area contributed by atoms with Crippen LogP contribution in [0.2, 0.25) is 5.02 Å². The van der Waals surface area contributed by atoms with Crippen LogP contribution in [0.15, 0.2) is 18.2 Å². The van der Waals surface area contributed by atoms with Gasteiger partial charge in [-0.05, 0) is 30.7 Å². The predicted molar refractivity (Wildman–Crippen MR) is 50.2 cm³/mol. The molecule has 1 N–H and O–H groups in total. The lowest BCUT2D eigenvalue weighted by molar-refractivity contribution is 0.350. The van der Waals surface area contributed by atoms with Crippen LogP contribution in [0.4, 0.5) is 0 Å². The maximum Gasteiger partial charge on any atom is 0.104 e. The molecule has 62 valence electrons. The molecule has 1 rings (SSSR count). The quantitative estimate of drug-likeness (QED) is 0.606. The van der Waals surface area contributed by atoms with Gasteiger partial charge < -0.3 is 5.11 Å². The van der Waals surface area contributed by atoms with Gasteiger partial charge in [-0.3, -0.25) is 0 Å². The first-order valence-electron chi connectivity index (χ1n) is 3.59. The van der Waals surface area contributed by atoms with E-state index in [1.807, 2.05) is 19.1 Å². The van der Waals surface area contributed by atoms with E-state index in [0.717, 1.165) is 11.1 Å². The second kappa shape index (κ2) is 4.15. The summed E-state index contributed by atoms with van der Waals surface area (Å²) in [6.07, 6.45) is 0. The van der Waals surface area contributed by atoms with Crippen LogP contribution in [0.1, 0.15) is 11.1 Å². The fourth-order valence-electron chi connectivity index (χ4n) is 0.950. The van der Waals surface area contributed by atoms with Crippen molar-refractivity contribution < 1.29 is 5.11 Å². The van der Waals surface area contributed by atoms with Crippen molar-refractivity contribution in [3.63, 3.8) is 0 Å². The third-order valence-electron chi connectivity index (χ3n) is 1.35. The number of aryl methyl sites for hydroxylation is 1. The maximum absolute atomic E-state index is 8.46. The smallest absolute Gasteiger partial charge is 0.104 e. The molecule has 0 saturated heterocycles. The van der Waals surface area contributed by atoms with E-state index in [4.69, 9.17) is 16.7 Å². The van der Waals surface area contributed by atoms with Crippen LogP contribution in [0.5, 0.6) is 0 Å². The standard InChI is InChI=1S/C10H9ClO/c1-8-5-9(3-2-4-12)7-10(11)6-8/h5-7,12H,4H2,1H3. The van der Waals surface area contributed by atoms with Crippen molar-refractivity contribution in [3.05, 3.63) is 34.3 Å². The van der Waals surface area contributed by atoms with Gasteiger partial charge in [0.2, 0.25) is 0 Å². The van der Waals surface area contributed by atoms with E-state index in [-0.39, 0.29) is 6.61 Å². The van der Waals surface area contributed by atoms with E-state index in [2.05, 4.69) is 11.8 Å². The molecule has 1 aromatic rings. The van der Waals surface area contributed by atoms with Crippen molar-refractivity contribution in [2.24, 2.45) is 0 Å². The number of aliphatic hydroxyl groups is 1. The molecule has 0 saturated carbocycles. The summed E-state index contributed by atoms with van der Waals surface area (Å²) in [6.45, 7) is 1.83. The number of benzene rings is 1. The highest BCUT2D eigenvalue weighted by Gasteiger charge is 1.92. The van der Waals surface area contributed by atoms with Gasteiger partial charge in [0.1, 0.15) is 6.61 Å². The molecule has 0 fully saturated rings. The second-order valence-electron chi connectivity index (χ2n) is 2.48. The van der Waals surface area contributed by atoms with Gasteiger partial charge in [-0.1, -0.05) is 23.4 Å². The Balaban J connectivity index is 3.01. The van der Waals surface area contributed by atoms with Crippen LogP contribution in [-0.2, 0) is 0 Å². The molecule has 0 heterocycles. The molecule has 2 heteroatoms. The highest BCUT2D eigenvalue weighted by Crippen LogP contribution is 2.13. The number of halogens is 1. The van der Waals surface area contributed by atoms with E-state index >= 15 is 0 Å². The highest BCUT2D eigenvalue weighted by atomic mass is 35.5. The van der Waals surface area contributed by atoms with Crippen molar-refractivity contribution >= 4 is 11.6 Å². The van der Waals surface area contributed by atoms with Crippen LogP contribution in [0, 0.1) is 18.8 Å². The Bertz CT molecular complexity index is 313. The number of aliphatic hydroxyl groups excluding tert-OH is 1. The predicted octanol–water partition coefficient (Wildman–Crippen LogP) is 1.99. The molecule has 0 aromatic heterocycles. The van der Waals surface area contributed by atoms with Crippen molar-refractivity contribution in [3.8, 4) is 11.8 Å². The van der Waals surface area contributed by atoms with Gasteiger partial charge >= 0.3 is 0 Å². The maximum atomic E-state index is 8.46. The Labute approximate surface area is 77.0 Å². The minimum absolute atomic E-state index is 0.119. The zero-order valence-corrected chi connectivity index (χ0v) is 7.52. The lowest BCUT2D eigenvalue weighted by atomic mass is 10.1. The summed E-state index contributed by atoms with van der Waals surface area (Å²) in [5.74, 6) is 5.36. The monoisotopic (exact) mass is 180 g/mol. The van der Waals surface area contributed by atoms with Gasteiger partial charge in [0.05, 0.1) is 0 Å². The lowest BCUT2D eigenvalue weighted by Gasteiger charge is -1.95. The molecule has 1 aromatic carbocycles. The topological polar surface area (TPSA) is 20.2 Å². The second-order valence-corrected chi connectivity index (χ2v) is 2.91. The van der Waals surface area contributed by atoms with Gasteiger partial charge in [-0.2, -0.15) is 0 Å². The van der Waals surface area contributed by atoms with E-state index in [0.29, 0.717) is 5.02 Å². The summed E-state index contributed by atoms with van der Waals surface area (Å²) in [6, 6.07) is 5.57. The summed E-state index contributed by atoms with van der Waals surface area (Å²) in [4.78, 5) is 0. The van der Waals surface area contributed by atoms with Gasteiger partial charge in [-0.25, -0.2) is 0 Å². The third kappa shape index (κ3) is 2.58. The molecule has 0 unspecified atom stereocenters. The fourth-order valence-corrected chi connectivity index (χ4v) is 1.24. The van der Waals surface area contributed by atoms with Crippen LogP contribution in [-0.4, -0.2) is 11.7 Å². The Morgan fingerprint density at radius 3 is 2.75 bits per heavy atom. The van der Waals surface area contributed by atoms with Crippen LogP contribution in [0.25, 0.3) is 0 Å². The van der Waals surface area contributed by atoms with Gasteiger partial charge in [0, 0.05) is 10.6 Å². The fraction of sp³-hybridized carbons (Fsp3) is 0.200. The SMILES string of the molecule is Cc1cc(Cl)cc(C#CCO)c1. The molecule has 12 heavy (non-hydrogen) atoms. The molecule has 1 nitrogen and oxygen atoms in total. The van der Waals surface area contributed by atoms with Crippen LogP contribution < -0.4 is 0 Å². The van der Waals surface area contributed by atoms with E-state index in [1.54, 1.807) is 6.07 Å². The average Bonchev–Trinajstić information content (AvgIpc) is 1.99. The minimum Gasteiger partial charge on any atom is -0.384 e. The zero-order chi connectivity index (χ0) is 8.97. The van der Waals surface area contributed by atoms with Gasteiger partial charge in [-0.15, -0.1) is 0 Å². The average molecular weight is 181 g/mol. The van der Waals surface area contributed by atoms with Crippen molar-refractivity contribution in [1.29, 1.82) is 0 Å². The van der Waals surface area contributed by atoms with E-state index < -0.39 is 0 Å². The van der Waals surface area contributed by atoms with Crippen molar-refractivity contribution in [2.45, 2.75) is 6.92 Å². The normalized spacial score (nSPS) is 8.92.